The molecular formula is C17H22N6O2S. The molecule has 0 spiro atoms. The number of rotatable bonds is 6. The van der Waals surface area contributed by atoms with E-state index in [1.165, 1.54) is 22.5 Å². The molecule has 0 bridgehead atoms. The molecule has 26 heavy (non-hydrogen) atoms. The Kier molecular flexibility index (Phi) is 5.57. The van der Waals surface area contributed by atoms with Crippen molar-refractivity contribution in [1.82, 2.24) is 9.88 Å². The molecule has 3 rings (SSSR count). The van der Waals surface area contributed by atoms with Gasteiger partial charge in [-0.25, -0.2) is 4.98 Å². The van der Waals surface area contributed by atoms with Crippen LogP contribution in [-0.4, -0.2) is 41.3 Å². The van der Waals surface area contributed by atoms with Crippen LogP contribution in [0.2, 0.25) is 0 Å². The Morgan fingerprint density at radius 2 is 2.23 bits per heavy atom. The molecule has 1 aliphatic rings. The van der Waals surface area contributed by atoms with E-state index in [0.29, 0.717) is 30.6 Å². The lowest BCUT2D eigenvalue weighted by Gasteiger charge is -2.29. The lowest BCUT2D eigenvalue weighted by Crippen LogP contribution is -2.40. The molecule has 1 aromatic carbocycles. The molecule has 1 aliphatic heterocycles. The molecule has 0 saturated carbocycles. The first-order valence-corrected chi connectivity index (χ1v) is 9.12. The van der Waals surface area contributed by atoms with Gasteiger partial charge in [0.05, 0.1) is 0 Å². The van der Waals surface area contributed by atoms with Crippen LogP contribution in [0.3, 0.4) is 0 Å². The molecule has 2 heterocycles. The van der Waals surface area contributed by atoms with Crippen LogP contribution < -0.4 is 16.2 Å². The van der Waals surface area contributed by atoms with E-state index in [2.05, 4.69) is 10.1 Å². The van der Waals surface area contributed by atoms with E-state index in [1.807, 2.05) is 35.4 Å². The smallest absolute Gasteiger partial charge is 0.188 e. The van der Waals surface area contributed by atoms with E-state index >= 15 is 0 Å². The number of guanidine groups is 1. The summed E-state index contributed by atoms with van der Waals surface area (Å²) in [5, 5.41) is 13.9. The van der Waals surface area contributed by atoms with Crippen LogP contribution in [0.25, 0.3) is 0 Å². The minimum Gasteiger partial charge on any atom is -0.490 e. The van der Waals surface area contributed by atoms with E-state index < -0.39 is 0 Å². The second kappa shape index (κ2) is 8.05. The average Bonchev–Trinajstić information content (AvgIpc) is 3.07. The second-order valence-electron chi connectivity index (χ2n) is 5.92. The number of aromatic nitrogens is 1. The zero-order valence-corrected chi connectivity index (χ0v) is 15.4. The van der Waals surface area contributed by atoms with E-state index in [-0.39, 0.29) is 5.96 Å². The van der Waals surface area contributed by atoms with Gasteiger partial charge in [-0.15, -0.1) is 11.3 Å². The third kappa shape index (κ3) is 4.42. The molecule has 9 heteroatoms. The fraction of sp³-hybridized carbons (Fsp3) is 0.353. The maximum Gasteiger partial charge on any atom is 0.188 e. The minimum absolute atomic E-state index is 0.115. The summed E-state index contributed by atoms with van der Waals surface area (Å²) >= 11 is 1.37. The van der Waals surface area contributed by atoms with Gasteiger partial charge >= 0.3 is 0 Å². The molecule has 8 nitrogen and oxygen atoms in total. The second-order valence-corrected chi connectivity index (χ2v) is 6.81. The predicted octanol–water partition coefficient (Wildman–Crippen LogP) is 1.80. The lowest BCUT2D eigenvalue weighted by atomic mass is 10.00. The van der Waals surface area contributed by atoms with Crippen molar-refractivity contribution in [3.8, 4) is 5.75 Å². The number of thiazole rings is 1. The van der Waals surface area contributed by atoms with Gasteiger partial charge in [-0.1, -0.05) is 11.2 Å². The summed E-state index contributed by atoms with van der Waals surface area (Å²) < 4.78 is 5.73. The van der Waals surface area contributed by atoms with Gasteiger partial charge < -0.3 is 25.9 Å². The van der Waals surface area contributed by atoms with Gasteiger partial charge in [-0.3, -0.25) is 5.41 Å². The number of oxime groups is 1. The molecule has 5 N–H and O–H groups in total. The van der Waals surface area contributed by atoms with Gasteiger partial charge in [0.25, 0.3) is 0 Å². The molecule has 138 valence electrons. The van der Waals surface area contributed by atoms with E-state index in [9.17, 15) is 0 Å². The highest BCUT2D eigenvalue weighted by molar-refractivity contribution is 7.13. The van der Waals surface area contributed by atoms with Gasteiger partial charge in [0, 0.05) is 18.5 Å². The van der Waals surface area contributed by atoms with Crippen LogP contribution >= 0.6 is 11.3 Å². The first kappa shape index (κ1) is 18.0. The Labute approximate surface area is 155 Å². The first-order chi connectivity index (χ1) is 12.5. The molecule has 1 aromatic heterocycles. The van der Waals surface area contributed by atoms with Crippen LogP contribution in [0.4, 0.5) is 5.13 Å². The van der Waals surface area contributed by atoms with Gasteiger partial charge in [-0.2, -0.15) is 0 Å². The molecule has 0 radical (unpaired) electrons. The lowest BCUT2D eigenvalue weighted by molar-refractivity contribution is 0.107. The summed E-state index contributed by atoms with van der Waals surface area (Å²) in [5.41, 5.74) is 15.0. The van der Waals surface area contributed by atoms with Crippen molar-refractivity contribution >= 4 is 28.1 Å². The standard InChI is InChI=1S/C17H22N6O2S/c1-11(15-10-26-17(20)21-15)22-25-7-6-24-14-3-2-13-9-23(16(18)19)5-4-12(13)8-14/h2-3,8,10H,4-7,9H2,1H3,(H3,18,19)(H2,20,21)/b22-11+. The zero-order valence-electron chi connectivity index (χ0n) is 14.6. The number of hydrogen-bond donors (Lipinski definition) is 3. The Hall–Kier alpha value is -2.81. The molecule has 0 atom stereocenters. The van der Waals surface area contributed by atoms with Gasteiger partial charge in [-0.05, 0) is 36.6 Å². The first-order valence-electron chi connectivity index (χ1n) is 8.24. The highest BCUT2D eigenvalue weighted by Gasteiger charge is 2.17. The number of nitrogen functional groups attached to an aromatic ring is 1. The van der Waals surface area contributed by atoms with E-state index in [4.69, 9.17) is 26.5 Å². The van der Waals surface area contributed by atoms with Crippen LogP contribution in [0.5, 0.6) is 5.75 Å². The number of nitrogens with zero attached hydrogens (tertiary/aromatic N) is 3. The van der Waals surface area contributed by atoms with Crippen molar-refractivity contribution in [2.75, 3.05) is 25.5 Å². The van der Waals surface area contributed by atoms with Crippen molar-refractivity contribution in [2.24, 2.45) is 10.9 Å². The topological polar surface area (TPSA) is 123 Å². The number of benzene rings is 1. The number of anilines is 1. The van der Waals surface area contributed by atoms with E-state index in [0.717, 1.165) is 24.4 Å². The Morgan fingerprint density at radius 3 is 2.96 bits per heavy atom. The van der Waals surface area contributed by atoms with Crippen molar-refractivity contribution in [2.45, 2.75) is 19.9 Å². The number of ether oxygens (including phenoxy) is 1. The Balaban J connectivity index is 1.46. The molecular weight excluding hydrogens is 352 g/mol. The molecule has 0 unspecified atom stereocenters. The average molecular weight is 374 g/mol. The molecule has 0 aliphatic carbocycles. The molecule has 2 aromatic rings. The van der Waals surface area contributed by atoms with Crippen LogP contribution in [-0.2, 0) is 17.8 Å². The monoisotopic (exact) mass is 374 g/mol. The Bertz CT molecular complexity index is 819. The normalized spacial score (nSPS) is 14.0. The number of nitrogens with one attached hydrogen (secondary N) is 1. The summed E-state index contributed by atoms with van der Waals surface area (Å²) in [6, 6.07) is 5.99. The fourth-order valence-corrected chi connectivity index (χ4v) is 3.27. The number of nitrogens with two attached hydrogens (primary N) is 2. The SMILES string of the molecule is C/C(=N\OCCOc1ccc2c(c1)CCN(C(=N)N)C2)c1csc(N)n1. The predicted molar refractivity (Wildman–Crippen MR) is 103 cm³/mol. The van der Waals surface area contributed by atoms with Crippen molar-refractivity contribution in [3.05, 3.63) is 40.4 Å². The van der Waals surface area contributed by atoms with Gasteiger partial charge in [0.15, 0.2) is 17.7 Å². The largest absolute Gasteiger partial charge is 0.490 e. The number of hydrogen-bond acceptors (Lipinski definition) is 7. The third-order valence-electron chi connectivity index (χ3n) is 4.07. The maximum absolute atomic E-state index is 7.53. The Morgan fingerprint density at radius 1 is 1.38 bits per heavy atom. The molecule has 0 saturated heterocycles. The minimum atomic E-state index is 0.115. The maximum atomic E-state index is 7.53. The summed E-state index contributed by atoms with van der Waals surface area (Å²) in [5.74, 6) is 0.918. The van der Waals surface area contributed by atoms with Crippen LogP contribution in [0.1, 0.15) is 23.7 Å². The quantitative estimate of drug-likeness (QED) is 0.307. The number of fused-ring (bicyclic) bond motifs is 1. The molecule has 0 amide bonds. The summed E-state index contributed by atoms with van der Waals surface area (Å²) in [6.45, 7) is 3.98. The van der Waals surface area contributed by atoms with E-state index in [1.54, 1.807) is 0 Å². The summed E-state index contributed by atoms with van der Waals surface area (Å²) in [6.07, 6.45) is 0.850. The van der Waals surface area contributed by atoms with Crippen molar-refractivity contribution in [3.63, 3.8) is 0 Å². The highest BCUT2D eigenvalue weighted by atomic mass is 32.1. The zero-order chi connectivity index (χ0) is 18.5. The van der Waals surface area contributed by atoms with Crippen molar-refractivity contribution in [1.29, 1.82) is 5.41 Å². The van der Waals surface area contributed by atoms with Crippen LogP contribution in [0, 0.1) is 5.41 Å². The summed E-state index contributed by atoms with van der Waals surface area (Å²) in [7, 11) is 0. The van der Waals surface area contributed by atoms with Crippen molar-refractivity contribution < 1.29 is 9.57 Å². The fourth-order valence-electron chi connectivity index (χ4n) is 2.66. The molecule has 0 fully saturated rings. The summed E-state index contributed by atoms with van der Waals surface area (Å²) in [4.78, 5) is 11.3. The van der Waals surface area contributed by atoms with Gasteiger partial charge in [0.2, 0.25) is 0 Å². The van der Waals surface area contributed by atoms with Gasteiger partial charge in [0.1, 0.15) is 23.8 Å². The van der Waals surface area contributed by atoms with Crippen LogP contribution in [0.15, 0.2) is 28.7 Å². The third-order valence-corrected chi connectivity index (χ3v) is 4.74. The highest BCUT2D eigenvalue weighted by Crippen LogP contribution is 2.23.